The first-order valence-corrected chi connectivity index (χ1v) is 6.33. The summed E-state index contributed by atoms with van der Waals surface area (Å²) in [6, 6.07) is -0.587. The van der Waals surface area contributed by atoms with Gasteiger partial charge in [-0.05, 0) is 12.3 Å². The van der Waals surface area contributed by atoms with Gasteiger partial charge in [0.1, 0.15) is 0 Å². The molecule has 4 N–H and O–H groups in total. The van der Waals surface area contributed by atoms with Crippen molar-refractivity contribution < 1.29 is 19.2 Å². The van der Waals surface area contributed by atoms with Gasteiger partial charge in [0.2, 0.25) is 5.91 Å². The van der Waals surface area contributed by atoms with E-state index in [9.17, 15) is 13.2 Å². The predicted molar refractivity (Wildman–Crippen MR) is 59.0 cm³/mol. The van der Waals surface area contributed by atoms with Crippen LogP contribution in [0.15, 0.2) is 0 Å². The molecule has 0 rings (SSSR count). The van der Waals surface area contributed by atoms with E-state index in [0.29, 0.717) is 0 Å². The second-order valence-corrected chi connectivity index (χ2v) is 5.27. The number of carbonyl (C=O) groups excluding carboxylic acids is 1. The molecule has 0 bridgehead atoms. The molecule has 1 atom stereocenters. The average molecular weight is 243 g/mol. The van der Waals surface area contributed by atoms with Gasteiger partial charge in [-0.3, -0.25) is 9.35 Å². The van der Waals surface area contributed by atoms with E-state index < -0.39 is 16.2 Å². The van der Waals surface area contributed by atoms with Crippen LogP contribution in [0.1, 0.15) is 21.7 Å². The molecule has 0 aromatic carbocycles. The zero-order chi connectivity index (χ0) is 12.1. The smallest absolute Gasteiger partial charge is 0.264 e. The van der Waals surface area contributed by atoms with Crippen molar-refractivity contribution in [1.29, 1.82) is 0 Å². The Hall–Kier alpha value is -0.660. The summed E-state index contributed by atoms with van der Waals surface area (Å²) in [4.78, 5) is 11.3. The molecule has 0 aliphatic carbocycles. The van der Waals surface area contributed by atoms with Crippen LogP contribution < -0.4 is 11.1 Å². The monoisotopic (exact) mass is 243 g/mol. The Morgan fingerprint density at radius 1 is 1.60 bits per heavy atom. The molecule has 0 saturated carbocycles. The minimum atomic E-state index is -3.94. The lowest BCUT2D eigenvalue weighted by atomic mass is 10.1. The SMILES string of the molecule is CC(C)[C@H](N)C(=[18O])[15NH]CCCS(=O)(=O)O.[HH]. The molecule has 6 nitrogen and oxygen atoms in total. The molecule has 0 aromatic rings. The normalized spacial score (nSPS) is 13.9. The molecule has 0 fully saturated rings. The maximum atomic E-state index is 11.3. The average Bonchev–Trinajstić information content (AvgIpc) is 2.09. The first kappa shape index (κ1) is 14.3. The van der Waals surface area contributed by atoms with Gasteiger partial charge in [-0.15, -0.1) is 0 Å². The largest absolute Gasteiger partial charge is 0.355 e. The summed E-state index contributed by atoms with van der Waals surface area (Å²) in [5.74, 6) is -0.628. The van der Waals surface area contributed by atoms with Crippen molar-refractivity contribution in [3.05, 3.63) is 0 Å². The predicted octanol–water partition coefficient (Wildman–Crippen LogP) is -0.390. The quantitative estimate of drug-likeness (QED) is 0.255. The number of hydrogen-bond acceptors (Lipinski definition) is 4. The second kappa shape index (κ2) is 6.04. The van der Waals surface area contributed by atoms with Gasteiger partial charge in [-0.2, -0.15) is 8.42 Å². The molecule has 7 heteroatoms. The molecular formula is C8H20N2O4S. The van der Waals surface area contributed by atoms with E-state index >= 15 is 0 Å². The zero-order valence-electron chi connectivity index (χ0n) is 8.93. The number of rotatable bonds is 6. The van der Waals surface area contributed by atoms with Gasteiger partial charge in [0.15, 0.2) is 0 Å². The van der Waals surface area contributed by atoms with Gasteiger partial charge < -0.3 is 11.1 Å². The molecule has 0 unspecified atom stereocenters. The molecule has 0 radical (unpaired) electrons. The molecule has 0 saturated heterocycles. The molecule has 92 valence electrons. The highest BCUT2D eigenvalue weighted by Crippen LogP contribution is 1.97. The third kappa shape index (κ3) is 7.29. The maximum Gasteiger partial charge on any atom is 0.264 e. The molecule has 15 heavy (non-hydrogen) atoms. The lowest BCUT2D eigenvalue weighted by Crippen LogP contribution is -2.44. The van der Waals surface area contributed by atoms with E-state index in [1.807, 2.05) is 13.8 Å². The summed E-state index contributed by atoms with van der Waals surface area (Å²) < 4.78 is 29.1. The van der Waals surface area contributed by atoms with Gasteiger partial charge in [0.25, 0.3) is 10.1 Å². The number of nitrogens with two attached hydrogens (primary N) is 1. The zero-order valence-corrected chi connectivity index (χ0v) is 9.75. The fraction of sp³-hybridized carbons (Fsp3) is 0.875. The third-order valence-electron chi connectivity index (χ3n) is 1.90. The van der Waals surface area contributed by atoms with E-state index in [-0.39, 0.29) is 32.0 Å². The number of nitrogens with one attached hydrogen (secondary N) is 1. The van der Waals surface area contributed by atoms with Gasteiger partial charge >= 0.3 is 0 Å². The number of hydrogen-bond donors (Lipinski definition) is 3. The van der Waals surface area contributed by atoms with Crippen molar-refractivity contribution >= 4 is 16.0 Å². The van der Waals surface area contributed by atoms with Gasteiger partial charge in [-0.1, -0.05) is 13.8 Å². The van der Waals surface area contributed by atoms with Crippen LogP contribution >= 0.6 is 0 Å². The molecule has 0 aliphatic rings. The van der Waals surface area contributed by atoms with Gasteiger partial charge in [0.05, 0.1) is 11.8 Å². The summed E-state index contributed by atoms with van der Waals surface area (Å²) in [6.07, 6.45) is 0.176. The fourth-order valence-corrected chi connectivity index (χ4v) is 1.40. The number of carbonyl (C=O) groups is 1. The number of amides is 1. The van der Waals surface area contributed by atoms with E-state index in [1.165, 1.54) is 0 Å². The van der Waals surface area contributed by atoms with Crippen molar-refractivity contribution in [2.75, 3.05) is 12.3 Å². The lowest BCUT2D eigenvalue weighted by Gasteiger charge is -2.14. The van der Waals surface area contributed by atoms with E-state index in [1.54, 1.807) is 0 Å². The van der Waals surface area contributed by atoms with Crippen molar-refractivity contribution in [3.8, 4) is 0 Å². The van der Waals surface area contributed by atoms with E-state index in [0.717, 1.165) is 0 Å². The van der Waals surface area contributed by atoms with Crippen molar-refractivity contribution in [3.63, 3.8) is 0 Å². The highest BCUT2D eigenvalue weighted by Gasteiger charge is 2.16. The van der Waals surface area contributed by atoms with Crippen LogP contribution in [0.4, 0.5) is 0 Å². The fourth-order valence-electron chi connectivity index (χ4n) is 0.887. The second-order valence-electron chi connectivity index (χ2n) is 3.70. The molecule has 0 heterocycles. The Morgan fingerprint density at radius 3 is 2.53 bits per heavy atom. The maximum absolute atomic E-state index is 11.3. The van der Waals surface area contributed by atoms with Crippen LogP contribution in [0.2, 0.25) is 0 Å². The summed E-state index contributed by atoms with van der Waals surface area (Å²) in [5, 5.41) is 2.50. The summed E-state index contributed by atoms with van der Waals surface area (Å²) in [5.41, 5.74) is 5.55. The first-order valence-electron chi connectivity index (χ1n) is 4.72. The molecule has 0 aromatic heterocycles. The molecule has 0 spiro atoms. The van der Waals surface area contributed by atoms with Crippen LogP contribution in [-0.4, -0.2) is 37.2 Å². The summed E-state index contributed by atoms with van der Waals surface area (Å²) in [7, 11) is -3.94. The highest BCUT2D eigenvalue weighted by atomic mass is 32.2. The third-order valence-corrected chi connectivity index (χ3v) is 2.70. The Kier molecular flexibility index (Phi) is 5.77. The van der Waals surface area contributed by atoms with Crippen molar-refractivity contribution in [2.24, 2.45) is 11.7 Å². The minimum absolute atomic E-state index is 0. The minimum Gasteiger partial charge on any atom is -0.355 e. The summed E-state index contributed by atoms with van der Waals surface area (Å²) in [6.45, 7) is 3.84. The Balaban J connectivity index is 0. The van der Waals surface area contributed by atoms with Gasteiger partial charge in [-0.25, -0.2) is 0 Å². The molecular weight excluding hydrogens is 223 g/mol. The van der Waals surface area contributed by atoms with Crippen LogP contribution in [0, 0.1) is 5.92 Å². The van der Waals surface area contributed by atoms with E-state index in [4.69, 9.17) is 10.3 Å². The Bertz CT molecular complexity index is 305. The highest BCUT2D eigenvalue weighted by molar-refractivity contribution is 7.85. The van der Waals surface area contributed by atoms with Crippen molar-refractivity contribution in [1.82, 2.24) is 5.32 Å². The molecule has 0 aliphatic heterocycles. The summed E-state index contributed by atoms with van der Waals surface area (Å²) >= 11 is 0. The van der Waals surface area contributed by atoms with Crippen molar-refractivity contribution in [2.45, 2.75) is 26.3 Å². The van der Waals surface area contributed by atoms with Crippen LogP contribution in [0.5, 0.6) is 0 Å². The van der Waals surface area contributed by atoms with E-state index in [2.05, 4.69) is 5.32 Å². The lowest BCUT2D eigenvalue weighted by molar-refractivity contribution is -0.123. The standard InChI is InChI=1S/C8H18N2O4S.H2/c1-6(2)7(9)8(11)10-4-3-5-15(12,13)14;/h6-7H,3-5,9H2,1-2H3,(H,10,11)(H,12,13,14);1H/t7-;/m0./s1/i10+1,11+2;. The molecule has 1 amide bonds. The Morgan fingerprint density at radius 2 is 2.13 bits per heavy atom. The van der Waals surface area contributed by atoms with Crippen LogP contribution in [0.25, 0.3) is 0 Å². The first-order chi connectivity index (χ1) is 6.74. The van der Waals surface area contributed by atoms with Crippen LogP contribution in [0.3, 0.4) is 0 Å². The topological polar surface area (TPSA) is 109 Å². The van der Waals surface area contributed by atoms with Crippen LogP contribution in [-0.2, 0) is 14.9 Å². The Labute approximate surface area is 91.5 Å². The van der Waals surface area contributed by atoms with Gasteiger partial charge in [0, 0.05) is 7.97 Å².